The van der Waals surface area contributed by atoms with Gasteiger partial charge in [-0.1, -0.05) is 51.9 Å². The molecule has 0 bridgehead atoms. The van der Waals surface area contributed by atoms with Gasteiger partial charge in [0, 0.05) is 6.42 Å². The topological polar surface area (TPSA) is 84.9 Å². The first kappa shape index (κ1) is 27.9. The lowest BCUT2D eigenvalue weighted by Gasteiger charge is -2.25. The van der Waals surface area contributed by atoms with Crippen molar-refractivity contribution in [1.82, 2.24) is 5.32 Å². The lowest BCUT2D eigenvalue weighted by Crippen LogP contribution is -2.41. The smallest absolute Gasteiger partial charge is 0.323 e. The van der Waals surface area contributed by atoms with Crippen LogP contribution >= 0.6 is 0 Å². The maximum Gasteiger partial charge on any atom is 0.323 e. The number of hydrogen-bond acceptors (Lipinski definition) is 6. The number of aliphatic hydroxyl groups is 1. The summed E-state index contributed by atoms with van der Waals surface area (Å²) in [5.74, 6) is -0.359. The number of unbranched alkanes of at least 4 members (excludes halogenated alkanes) is 6. The second-order valence-corrected chi connectivity index (χ2v) is 8.07. The van der Waals surface area contributed by atoms with Gasteiger partial charge in [0.1, 0.15) is 6.04 Å². The quantitative estimate of drug-likeness (QED) is 0.238. The molecule has 0 aliphatic rings. The van der Waals surface area contributed by atoms with Crippen LogP contribution in [0.15, 0.2) is 0 Å². The zero-order chi connectivity index (χ0) is 22.0. The van der Waals surface area contributed by atoms with E-state index in [4.69, 9.17) is 9.47 Å². The van der Waals surface area contributed by atoms with Crippen LogP contribution in [0.4, 0.5) is 0 Å². The van der Waals surface area contributed by atoms with E-state index in [0.29, 0.717) is 39.0 Å². The summed E-state index contributed by atoms with van der Waals surface area (Å²) in [5.41, 5.74) is -0.701. The van der Waals surface area contributed by atoms with E-state index in [1.54, 1.807) is 0 Å². The van der Waals surface area contributed by atoms with Crippen molar-refractivity contribution in [2.45, 2.75) is 116 Å². The number of esters is 2. The van der Waals surface area contributed by atoms with E-state index in [-0.39, 0.29) is 18.0 Å². The molecular formula is C23H45NO5. The molecule has 6 nitrogen and oxygen atoms in total. The second kappa shape index (κ2) is 17.7. The average molecular weight is 416 g/mol. The first-order valence-electron chi connectivity index (χ1n) is 11.6. The van der Waals surface area contributed by atoms with Gasteiger partial charge in [0.2, 0.25) is 0 Å². The van der Waals surface area contributed by atoms with Crippen molar-refractivity contribution in [3.05, 3.63) is 0 Å². The van der Waals surface area contributed by atoms with E-state index in [9.17, 15) is 14.7 Å². The van der Waals surface area contributed by atoms with E-state index in [1.807, 2.05) is 20.8 Å². The summed E-state index contributed by atoms with van der Waals surface area (Å²) >= 11 is 0. The normalized spacial score (nSPS) is 14.2. The molecule has 0 rings (SSSR count). The van der Waals surface area contributed by atoms with E-state index in [1.165, 1.54) is 12.8 Å². The van der Waals surface area contributed by atoms with Crippen molar-refractivity contribution in [1.29, 1.82) is 0 Å². The maximum absolute atomic E-state index is 12.2. The summed E-state index contributed by atoms with van der Waals surface area (Å²) in [5, 5.41) is 13.8. The molecule has 29 heavy (non-hydrogen) atoms. The molecule has 0 amide bonds. The molecule has 0 aliphatic carbocycles. The summed E-state index contributed by atoms with van der Waals surface area (Å²) < 4.78 is 10.1. The third-order valence-corrected chi connectivity index (χ3v) is 5.12. The predicted molar refractivity (Wildman–Crippen MR) is 117 cm³/mol. The van der Waals surface area contributed by atoms with E-state index < -0.39 is 5.60 Å². The Labute approximate surface area is 178 Å². The minimum atomic E-state index is -0.701. The lowest BCUT2D eigenvalue weighted by molar-refractivity contribution is -0.146. The Hall–Kier alpha value is -1.14. The zero-order valence-corrected chi connectivity index (χ0v) is 19.3. The van der Waals surface area contributed by atoms with Crippen LogP contribution in [0.2, 0.25) is 0 Å². The number of carbonyl (C=O) groups is 2. The fourth-order valence-corrected chi connectivity index (χ4v) is 3.32. The third kappa shape index (κ3) is 16.4. The van der Waals surface area contributed by atoms with Crippen LogP contribution in [0, 0.1) is 0 Å². The van der Waals surface area contributed by atoms with Gasteiger partial charge in [-0.05, 0) is 53.0 Å². The van der Waals surface area contributed by atoms with Crippen LogP contribution in [0.5, 0.6) is 0 Å². The molecule has 2 unspecified atom stereocenters. The van der Waals surface area contributed by atoms with E-state index in [0.717, 1.165) is 44.9 Å². The molecular weight excluding hydrogens is 370 g/mol. The molecule has 0 aromatic rings. The molecule has 2 N–H and O–H groups in total. The minimum absolute atomic E-state index is 0.139. The highest BCUT2D eigenvalue weighted by Gasteiger charge is 2.23. The highest BCUT2D eigenvalue weighted by Crippen LogP contribution is 2.19. The second-order valence-electron chi connectivity index (χ2n) is 8.07. The van der Waals surface area contributed by atoms with E-state index >= 15 is 0 Å². The Morgan fingerprint density at radius 1 is 0.897 bits per heavy atom. The number of hydrogen-bond donors (Lipinski definition) is 2. The highest BCUT2D eigenvalue weighted by molar-refractivity contribution is 5.75. The Bertz CT molecular complexity index is 425. The monoisotopic (exact) mass is 415 g/mol. The molecule has 0 aromatic carbocycles. The zero-order valence-electron chi connectivity index (χ0n) is 19.3. The van der Waals surface area contributed by atoms with Crippen LogP contribution in [-0.4, -0.2) is 48.4 Å². The third-order valence-electron chi connectivity index (χ3n) is 5.12. The SMILES string of the molecule is CCCCCCC(C)(O)CCNC(CCCCCCC(=O)OCC)C(=O)OCC. The fraction of sp³-hybridized carbons (Fsp3) is 0.913. The van der Waals surface area contributed by atoms with Crippen LogP contribution in [0.1, 0.15) is 105 Å². The van der Waals surface area contributed by atoms with Crippen molar-refractivity contribution in [2.75, 3.05) is 19.8 Å². The van der Waals surface area contributed by atoms with Gasteiger partial charge < -0.3 is 19.9 Å². The van der Waals surface area contributed by atoms with Crippen molar-refractivity contribution < 1.29 is 24.2 Å². The molecule has 0 fully saturated rings. The van der Waals surface area contributed by atoms with Gasteiger partial charge in [-0.25, -0.2) is 0 Å². The average Bonchev–Trinajstić information content (AvgIpc) is 2.66. The van der Waals surface area contributed by atoms with Crippen molar-refractivity contribution >= 4 is 11.9 Å². The highest BCUT2D eigenvalue weighted by atomic mass is 16.5. The fourth-order valence-electron chi connectivity index (χ4n) is 3.32. The van der Waals surface area contributed by atoms with E-state index in [2.05, 4.69) is 12.2 Å². The molecule has 2 atom stereocenters. The summed E-state index contributed by atoms with van der Waals surface area (Å²) in [6.45, 7) is 9.06. The van der Waals surface area contributed by atoms with Crippen LogP contribution in [0.3, 0.4) is 0 Å². The number of rotatable bonds is 19. The molecule has 0 radical (unpaired) electrons. The van der Waals surface area contributed by atoms with Gasteiger partial charge in [0.05, 0.1) is 18.8 Å². The Morgan fingerprint density at radius 3 is 2.21 bits per heavy atom. The van der Waals surface area contributed by atoms with Crippen LogP contribution in [-0.2, 0) is 19.1 Å². The minimum Gasteiger partial charge on any atom is -0.466 e. The molecule has 6 heteroatoms. The van der Waals surface area contributed by atoms with Gasteiger partial charge in [-0.2, -0.15) is 0 Å². The maximum atomic E-state index is 12.2. The van der Waals surface area contributed by atoms with Crippen molar-refractivity contribution in [2.24, 2.45) is 0 Å². The first-order valence-corrected chi connectivity index (χ1v) is 11.6. The molecule has 0 saturated heterocycles. The van der Waals surface area contributed by atoms with Crippen LogP contribution in [0.25, 0.3) is 0 Å². The Morgan fingerprint density at radius 2 is 1.55 bits per heavy atom. The first-order chi connectivity index (χ1) is 13.9. The molecule has 0 aromatic heterocycles. The molecule has 0 saturated carbocycles. The van der Waals surface area contributed by atoms with Gasteiger partial charge in [0.15, 0.2) is 0 Å². The molecule has 0 aliphatic heterocycles. The number of carbonyl (C=O) groups excluding carboxylic acids is 2. The van der Waals surface area contributed by atoms with Crippen LogP contribution < -0.4 is 5.32 Å². The summed E-state index contributed by atoms with van der Waals surface area (Å²) in [4.78, 5) is 23.5. The van der Waals surface area contributed by atoms with Crippen molar-refractivity contribution in [3.63, 3.8) is 0 Å². The van der Waals surface area contributed by atoms with Crippen molar-refractivity contribution in [3.8, 4) is 0 Å². The lowest BCUT2D eigenvalue weighted by atomic mass is 9.94. The number of ether oxygens (including phenoxy) is 2. The molecule has 0 spiro atoms. The van der Waals surface area contributed by atoms with Gasteiger partial charge in [0.25, 0.3) is 0 Å². The largest absolute Gasteiger partial charge is 0.466 e. The Kier molecular flexibility index (Phi) is 17.0. The van der Waals surface area contributed by atoms with Gasteiger partial charge in [-0.3, -0.25) is 9.59 Å². The molecule has 0 heterocycles. The van der Waals surface area contributed by atoms with Gasteiger partial charge in [-0.15, -0.1) is 0 Å². The predicted octanol–water partition coefficient (Wildman–Crippen LogP) is 4.52. The van der Waals surface area contributed by atoms with Gasteiger partial charge >= 0.3 is 11.9 Å². The summed E-state index contributed by atoms with van der Waals surface area (Å²) in [7, 11) is 0. The summed E-state index contributed by atoms with van der Waals surface area (Å²) in [6, 6.07) is -0.337. The molecule has 172 valence electrons. The summed E-state index contributed by atoms with van der Waals surface area (Å²) in [6.07, 6.45) is 10.8. The standard InChI is InChI=1S/C23H45NO5/c1-5-8-9-14-17-23(4,27)18-19-24-20(22(26)29-7-3)15-12-10-11-13-16-21(25)28-6-2/h20,24,27H,5-19H2,1-4H3. The number of nitrogens with one attached hydrogen (secondary N) is 1. The Balaban J connectivity index is 4.16.